The summed E-state index contributed by atoms with van der Waals surface area (Å²) in [6.45, 7) is 11.0. The van der Waals surface area contributed by atoms with Crippen LogP contribution in [0.2, 0.25) is 0 Å². The van der Waals surface area contributed by atoms with Gasteiger partial charge in [-0.15, -0.1) is 23.1 Å². The highest BCUT2D eigenvalue weighted by Gasteiger charge is 2.22. The Balaban J connectivity index is 1.54. The molecule has 0 bridgehead atoms. The third-order valence-electron chi connectivity index (χ3n) is 5.57. The Bertz CT molecular complexity index is 886. The third-order valence-corrected chi connectivity index (χ3v) is 7.82. The summed E-state index contributed by atoms with van der Waals surface area (Å²) in [4.78, 5) is 36.7. The fourth-order valence-electron chi connectivity index (χ4n) is 3.65. The van der Waals surface area contributed by atoms with Gasteiger partial charge < -0.3 is 10.3 Å². The first-order valence-corrected chi connectivity index (χ1v) is 11.9. The van der Waals surface area contributed by atoms with Crippen LogP contribution >= 0.6 is 23.1 Å². The predicted molar refractivity (Wildman–Crippen MR) is 118 cm³/mol. The molecular formula is C20H30N4O2S2. The van der Waals surface area contributed by atoms with Crippen LogP contribution in [-0.2, 0) is 10.5 Å². The van der Waals surface area contributed by atoms with Crippen LogP contribution in [0.15, 0.2) is 4.79 Å². The molecule has 1 saturated heterocycles. The van der Waals surface area contributed by atoms with Crippen LogP contribution in [0, 0.1) is 13.8 Å². The number of carbonyl (C=O) groups is 1. The standard InChI is InChI=1S/C20H30N4O2S2/c1-5-15(24-8-6-7-9-24)10-21-18(25)14(4)27-11-16-22-19(26)17-12(2)13(3)28-20(17)23-16/h14-15H,5-11H2,1-4H3,(H,21,25)(H,22,23,26). The Kier molecular flexibility index (Phi) is 7.17. The summed E-state index contributed by atoms with van der Waals surface area (Å²) >= 11 is 3.05. The second-order valence-corrected chi connectivity index (χ2v) is 10.0. The molecule has 0 aliphatic carbocycles. The van der Waals surface area contributed by atoms with Crippen molar-refractivity contribution in [2.75, 3.05) is 19.6 Å². The van der Waals surface area contributed by atoms with E-state index in [0.29, 0.717) is 29.6 Å². The van der Waals surface area contributed by atoms with Crippen molar-refractivity contribution in [1.29, 1.82) is 0 Å². The van der Waals surface area contributed by atoms with E-state index in [1.807, 2.05) is 20.8 Å². The summed E-state index contributed by atoms with van der Waals surface area (Å²) in [5.74, 6) is 1.19. The van der Waals surface area contributed by atoms with Gasteiger partial charge in [0, 0.05) is 17.5 Å². The maximum atomic E-state index is 12.5. The van der Waals surface area contributed by atoms with Gasteiger partial charge in [0.15, 0.2) is 0 Å². The molecule has 2 unspecified atom stereocenters. The largest absolute Gasteiger partial charge is 0.354 e. The lowest BCUT2D eigenvalue weighted by Crippen LogP contribution is -2.44. The number of amides is 1. The maximum Gasteiger partial charge on any atom is 0.259 e. The van der Waals surface area contributed by atoms with Gasteiger partial charge in [0.05, 0.1) is 16.4 Å². The monoisotopic (exact) mass is 422 g/mol. The summed E-state index contributed by atoms with van der Waals surface area (Å²) in [6, 6.07) is 0.425. The molecular weight excluding hydrogens is 392 g/mol. The van der Waals surface area contributed by atoms with Crippen molar-refractivity contribution in [3.05, 3.63) is 26.6 Å². The van der Waals surface area contributed by atoms with Crippen molar-refractivity contribution in [2.45, 2.75) is 64.0 Å². The molecule has 1 amide bonds. The van der Waals surface area contributed by atoms with Crippen LogP contribution < -0.4 is 10.9 Å². The summed E-state index contributed by atoms with van der Waals surface area (Å²) in [6.07, 6.45) is 3.57. The van der Waals surface area contributed by atoms with Crippen LogP contribution in [0.1, 0.15) is 49.4 Å². The van der Waals surface area contributed by atoms with Crippen molar-refractivity contribution in [3.8, 4) is 0 Å². The molecule has 2 aromatic rings. The summed E-state index contributed by atoms with van der Waals surface area (Å²) in [7, 11) is 0. The molecule has 0 spiro atoms. The molecule has 0 radical (unpaired) electrons. The van der Waals surface area contributed by atoms with E-state index >= 15 is 0 Å². The lowest BCUT2D eigenvalue weighted by Gasteiger charge is -2.27. The SMILES string of the molecule is CCC(CNC(=O)C(C)SCc1nc2sc(C)c(C)c2c(=O)[nH]1)N1CCCC1. The molecule has 2 N–H and O–H groups in total. The minimum atomic E-state index is -0.191. The van der Waals surface area contributed by atoms with Crippen molar-refractivity contribution in [3.63, 3.8) is 0 Å². The Morgan fingerprint density at radius 3 is 2.75 bits per heavy atom. The number of aromatic nitrogens is 2. The van der Waals surface area contributed by atoms with E-state index in [-0.39, 0.29) is 16.7 Å². The zero-order chi connectivity index (χ0) is 20.3. The van der Waals surface area contributed by atoms with Crippen LogP contribution in [-0.4, -0.2) is 51.7 Å². The Hall–Kier alpha value is -1.38. The fourth-order valence-corrected chi connectivity index (χ4v) is 5.48. The Morgan fingerprint density at radius 2 is 2.07 bits per heavy atom. The summed E-state index contributed by atoms with van der Waals surface area (Å²) in [5.41, 5.74) is 0.917. The summed E-state index contributed by atoms with van der Waals surface area (Å²) < 4.78 is 0. The molecule has 2 atom stereocenters. The molecule has 3 rings (SSSR count). The zero-order valence-electron chi connectivity index (χ0n) is 17.1. The van der Waals surface area contributed by atoms with E-state index in [2.05, 4.69) is 27.1 Å². The molecule has 2 aromatic heterocycles. The number of hydrogen-bond donors (Lipinski definition) is 2. The van der Waals surface area contributed by atoms with E-state index in [1.165, 1.54) is 24.6 Å². The van der Waals surface area contributed by atoms with Gasteiger partial charge in [-0.3, -0.25) is 14.5 Å². The lowest BCUT2D eigenvalue weighted by molar-refractivity contribution is -0.120. The number of nitrogens with one attached hydrogen (secondary N) is 2. The quantitative estimate of drug-likeness (QED) is 0.683. The first-order valence-electron chi connectivity index (χ1n) is 10.0. The zero-order valence-corrected chi connectivity index (χ0v) is 18.8. The van der Waals surface area contributed by atoms with Gasteiger partial charge in [-0.05, 0) is 58.7 Å². The second kappa shape index (κ2) is 9.41. The molecule has 0 saturated carbocycles. The highest BCUT2D eigenvalue weighted by molar-refractivity contribution is 7.99. The lowest BCUT2D eigenvalue weighted by atomic mass is 10.2. The smallest absolute Gasteiger partial charge is 0.259 e. The van der Waals surface area contributed by atoms with Gasteiger partial charge in [0.1, 0.15) is 10.7 Å². The summed E-state index contributed by atoms with van der Waals surface area (Å²) in [5, 5.41) is 3.61. The minimum Gasteiger partial charge on any atom is -0.354 e. The number of hydrogen-bond acceptors (Lipinski definition) is 6. The number of rotatable bonds is 8. The van der Waals surface area contributed by atoms with Gasteiger partial charge in [-0.1, -0.05) is 6.92 Å². The van der Waals surface area contributed by atoms with Crippen molar-refractivity contribution < 1.29 is 4.79 Å². The molecule has 3 heterocycles. The molecule has 1 fully saturated rings. The van der Waals surface area contributed by atoms with Crippen molar-refractivity contribution in [1.82, 2.24) is 20.2 Å². The van der Waals surface area contributed by atoms with E-state index in [4.69, 9.17) is 0 Å². The first kappa shape index (κ1) is 21.3. The Morgan fingerprint density at radius 1 is 1.36 bits per heavy atom. The van der Waals surface area contributed by atoms with Crippen molar-refractivity contribution >= 4 is 39.2 Å². The van der Waals surface area contributed by atoms with Crippen molar-refractivity contribution in [2.24, 2.45) is 0 Å². The maximum absolute atomic E-state index is 12.5. The van der Waals surface area contributed by atoms with Crippen LogP contribution in [0.25, 0.3) is 10.2 Å². The number of H-pyrrole nitrogens is 1. The molecule has 1 aliphatic heterocycles. The fraction of sp³-hybridized carbons (Fsp3) is 0.650. The number of fused-ring (bicyclic) bond motifs is 1. The van der Waals surface area contributed by atoms with E-state index < -0.39 is 0 Å². The van der Waals surface area contributed by atoms with E-state index in [0.717, 1.165) is 34.8 Å². The average Bonchev–Trinajstić information content (AvgIpc) is 3.29. The van der Waals surface area contributed by atoms with Gasteiger partial charge in [-0.2, -0.15) is 0 Å². The molecule has 28 heavy (non-hydrogen) atoms. The number of thioether (sulfide) groups is 1. The molecule has 6 nitrogen and oxygen atoms in total. The molecule has 0 aromatic carbocycles. The molecule has 8 heteroatoms. The third kappa shape index (κ3) is 4.78. The number of nitrogens with zero attached hydrogens (tertiary/aromatic N) is 2. The Labute approximate surface area is 174 Å². The molecule has 154 valence electrons. The number of aryl methyl sites for hydroxylation is 2. The first-order chi connectivity index (χ1) is 13.4. The predicted octanol–water partition coefficient (Wildman–Crippen LogP) is 3.21. The second-order valence-electron chi connectivity index (χ2n) is 7.48. The van der Waals surface area contributed by atoms with Gasteiger partial charge in [0.2, 0.25) is 5.91 Å². The minimum absolute atomic E-state index is 0.0499. The van der Waals surface area contributed by atoms with E-state index in [9.17, 15) is 9.59 Å². The number of carbonyl (C=O) groups excluding carboxylic acids is 1. The highest BCUT2D eigenvalue weighted by atomic mass is 32.2. The molecule has 1 aliphatic rings. The average molecular weight is 423 g/mol. The van der Waals surface area contributed by atoms with Gasteiger partial charge in [0.25, 0.3) is 5.56 Å². The van der Waals surface area contributed by atoms with Gasteiger partial charge >= 0.3 is 0 Å². The normalized spacial score (nSPS) is 17.1. The van der Waals surface area contributed by atoms with Crippen LogP contribution in [0.4, 0.5) is 0 Å². The van der Waals surface area contributed by atoms with Crippen LogP contribution in [0.3, 0.4) is 0 Å². The van der Waals surface area contributed by atoms with Crippen LogP contribution in [0.5, 0.6) is 0 Å². The van der Waals surface area contributed by atoms with E-state index in [1.54, 1.807) is 11.3 Å². The number of likely N-dealkylation sites (tertiary alicyclic amines) is 1. The number of thiophene rings is 1. The highest BCUT2D eigenvalue weighted by Crippen LogP contribution is 2.26. The number of aromatic amines is 1. The topological polar surface area (TPSA) is 78.1 Å². The van der Waals surface area contributed by atoms with Gasteiger partial charge in [-0.25, -0.2) is 4.98 Å².